The summed E-state index contributed by atoms with van der Waals surface area (Å²) in [4.78, 5) is 0. The van der Waals surface area contributed by atoms with E-state index in [1.54, 1.807) is 6.07 Å². The van der Waals surface area contributed by atoms with Gasteiger partial charge in [0.2, 0.25) is 0 Å². The van der Waals surface area contributed by atoms with Crippen molar-refractivity contribution in [2.24, 2.45) is 0 Å². The van der Waals surface area contributed by atoms with Gasteiger partial charge >= 0.3 is 0 Å². The van der Waals surface area contributed by atoms with Gasteiger partial charge in [-0.15, -0.1) is 0 Å². The lowest BCUT2D eigenvalue weighted by Gasteiger charge is -2.35. The highest BCUT2D eigenvalue weighted by Crippen LogP contribution is 2.45. The van der Waals surface area contributed by atoms with E-state index in [2.05, 4.69) is 93.5 Å². The number of rotatable bonds is 6. The molecule has 0 spiro atoms. The number of phenols is 5. The maximum atomic E-state index is 10.2. The van der Waals surface area contributed by atoms with Crippen LogP contribution in [0.5, 0.6) is 28.7 Å². The zero-order valence-electron chi connectivity index (χ0n) is 26.4. The predicted octanol–water partition coefficient (Wildman–Crippen LogP) is 8.43. The third kappa shape index (κ3) is 5.06. The molecule has 5 nitrogen and oxygen atoms in total. The quantitative estimate of drug-likeness (QED) is 0.150. The molecule has 0 radical (unpaired) electrons. The fraction of sp³-hybridized carbons (Fsp3) is 0.351. The summed E-state index contributed by atoms with van der Waals surface area (Å²) in [5, 5.41) is 50.2. The molecule has 222 valence electrons. The van der Waals surface area contributed by atoms with Gasteiger partial charge in [0.25, 0.3) is 0 Å². The first kappa shape index (κ1) is 30.8. The first-order valence-electron chi connectivity index (χ1n) is 14.3. The minimum atomic E-state index is -0.539. The zero-order valence-corrected chi connectivity index (χ0v) is 26.4. The van der Waals surface area contributed by atoms with Crippen molar-refractivity contribution in [2.45, 2.75) is 85.5 Å². The van der Waals surface area contributed by atoms with Crippen LogP contribution in [0, 0.1) is 27.7 Å². The second kappa shape index (κ2) is 10.3. The standard InChI is InChI=1S/C37H44O5/c1-20-13-25(14-21(2)32(20)36(7,8)24-11-12-28(38)29(39)17-24)35(5,6)26-15-22(3)33(23(4)16-26)37(9,10)27-18-30(40)34(42)31(41)19-27/h11-19,38-42H,1-10H3. The van der Waals surface area contributed by atoms with E-state index in [9.17, 15) is 25.5 Å². The Morgan fingerprint density at radius 2 is 0.714 bits per heavy atom. The lowest BCUT2D eigenvalue weighted by atomic mass is 9.69. The molecule has 0 aliphatic heterocycles. The zero-order chi connectivity index (χ0) is 31.5. The number of phenolic OH excluding ortho intramolecular Hbond substituents is 5. The van der Waals surface area contributed by atoms with Crippen molar-refractivity contribution in [2.75, 3.05) is 0 Å². The Balaban J connectivity index is 1.78. The fourth-order valence-corrected chi connectivity index (χ4v) is 6.95. The molecule has 4 aromatic carbocycles. The van der Waals surface area contributed by atoms with E-state index in [1.807, 2.05) is 6.07 Å². The molecule has 5 heteroatoms. The van der Waals surface area contributed by atoms with Crippen molar-refractivity contribution in [1.82, 2.24) is 0 Å². The first-order chi connectivity index (χ1) is 19.3. The molecule has 4 rings (SSSR count). The molecular formula is C37H44O5. The second-order valence-electron chi connectivity index (χ2n) is 13.4. The monoisotopic (exact) mass is 568 g/mol. The second-order valence-corrected chi connectivity index (χ2v) is 13.4. The van der Waals surface area contributed by atoms with Gasteiger partial charge in [-0.3, -0.25) is 0 Å². The number of benzene rings is 4. The molecule has 5 N–H and O–H groups in total. The lowest BCUT2D eigenvalue weighted by Crippen LogP contribution is -2.26. The largest absolute Gasteiger partial charge is 0.504 e. The molecular weight excluding hydrogens is 524 g/mol. The molecule has 0 amide bonds. The van der Waals surface area contributed by atoms with Crippen molar-refractivity contribution in [3.63, 3.8) is 0 Å². The van der Waals surface area contributed by atoms with Crippen LogP contribution in [-0.2, 0) is 16.2 Å². The molecule has 0 atom stereocenters. The number of aryl methyl sites for hydroxylation is 4. The maximum absolute atomic E-state index is 10.2. The van der Waals surface area contributed by atoms with Gasteiger partial charge in [-0.05, 0) is 108 Å². The Hall–Kier alpha value is -4.12. The van der Waals surface area contributed by atoms with E-state index in [-0.39, 0.29) is 33.8 Å². The summed E-state index contributed by atoms with van der Waals surface area (Å²) in [6.45, 7) is 21.3. The van der Waals surface area contributed by atoms with Crippen LogP contribution in [0.15, 0.2) is 54.6 Å². The van der Waals surface area contributed by atoms with Crippen molar-refractivity contribution < 1.29 is 25.5 Å². The van der Waals surface area contributed by atoms with Gasteiger partial charge < -0.3 is 25.5 Å². The van der Waals surface area contributed by atoms with Gasteiger partial charge in [0.1, 0.15) is 0 Å². The fourth-order valence-electron chi connectivity index (χ4n) is 6.95. The highest BCUT2D eigenvalue weighted by molar-refractivity contribution is 5.58. The van der Waals surface area contributed by atoms with Crippen LogP contribution in [0.1, 0.15) is 97.2 Å². The highest BCUT2D eigenvalue weighted by Gasteiger charge is 2.33. The molecule has 0 saturated carbocycles. The molecule has 0 fully saturated rings. The van der Waals surface area contributed by atoms with Crippen LogP contribution in [0.3, 0.4) is 0 Å². The highest BCUT2D eigenvalue weighted by atomic mass is 16.3. The molecule has 0 unspecified atom stereocenters. The third-order valence-corrected chi connectivity index (χ3v) is 9.25. The minimum Gasteiger partial charge on any atom is -0.504 e. The number of hydrogen-bond acceptors (Lipinski definition) is 5. The molecule has 0 bridgehead atoms. The number of hydrogen-bond donors (Lipinski definition) is 5. The topological polar surface area (TPSA) is 101 Å². The van der Waals surface area contributed by atoms with E-state index < -0.39 is 11.2 Å². The Kier molecular flexibility index (Phi) is 7.56. The van der Waals surface area contributed by atoms with Crippen molar-refractivity contribution in [3.05, 3.63) is 110 Å². The summed E-state index contributed by atoms with van der Waals surface area (Å²) < 4.78 is 0. The Labute approximate surface area is 249 Å². The van der Waals surface area contributed by atoms with Gasteiger partial charge in [-0.2, -0.15) is 0 Å². The van der Waals surface area contributed by atoms with Crippen molar-refractivity contribution in [3.8, 4) is 28.7 Å². The van der Waals surface area contributed by atoms with Gasteiger partial charge in [-0.25, -0.2) is 0 Å². The van der Waals surface area contributed by atoms with Crippen LogP contribution < -0.4 is 0 Å². The molecule has 0 aliphatic rings. The van der Waals surface area contributed by atoms with Gasteiger partial charge in [0.05, 0.1) is 0 Å². The molecule has 4 aromatic rings. The minimum absolute atomic E-state index is 0.120. The van der Waals surface area contributed by atoms with Crippen molar-refractivity contribution in [1.29, 1.82) is 0 Å². The molecule has 0 saturated heterocycles. The Bertz CT molecular complexity index is 1620. The summed E-state index contributed by atoms with van der Waals surface area (Å²) >= 11 is 0. The van der Waals surface area contributed by atoms with E-state index in [0.29, 0.717) is 5.56 Å². The molecule has 42 heavy (non-hydrogen) atoms. The van der Waals surface area contributed by atoms with Gasteiger partial charge in [0, 0.05) is 16.2 Å². The predicted molar refractivity (Wildman–Crippen MR) is 169 cm³/mol. The average molecular weight is 569 g/mol. The van der Waals surface area contributed by atoms with E-state index in [0.717, 1.165) is 33.4 Å². The normalized spacial score (nSPS) is 12.5. The SMILES string of the molecule is Cc1cc(C(C)(C)c2cc(C)c(C(C)(C)c3cc(O)c(O)c(O)c3)c(C)c2)cc(C)c1C(C)(C)c1ccc(O)c(O)c1. The summed E-state index contributed by atoms with van der Waals surface area (Å²) in [5.74, 6) is -1.44. The maximum Gasteiger partial charge on any atom is 0.200 e. The summed E-state index contributed by atoms with van der Waals surface area (Å²) in [6.07, 6.45) is 0. The summed E-state index contributed by atoms with van der Waals surface area (Å²) in [6, 6.07) is 17.0. The summed E-state index contributed by atoms with van der Waals surface area (Å²) in [7, 11) is 0. The van der Waals surface area contributed by atoms with Crippen LogP contribution in [0.2, 0.25) is 0 Å². The van der Waals surface area contributed by atoms with Crippen LogP contribution in [-0.4, -0.2) is 25.5 Å². The Morgan fingerprint density at radius 3 is 1.10 bits per heavy atom. The lowest BCUT2D eigenvalue weighted by molar-refractivity contribution is 0.365. The molecule has 0 aliphatic carbocycles. The number of aromatic hydroxyl groups is 5. The van der Waals surface area contributed by atoms with E-state index in [4.69, 9.17) is 0 Å². The van der Waals surface area contributed by atoms with Crippen LogP contribution in [0.25, 0.3) is 0 Å². The summed E-state index contributed by atoms with van der Waals surface area (Å²) in [5.41, 5.74) is 9.61. The first-order valence-corrected chi connectivity index (χ1v) is 14.3. The Morgan fingerprint density at radius 1 is 0.381 bits per heavy atom. The van der Waals surface area contributed by atoms with Gasteiger partial charge in [-0.1, -0.05) is 71.9 Å². The van der Waals surface area contributed by atoms with Crippen LogP contribution in [0.4, 0.5) is 0 Å². The van der Waals surface area contributed by atoms with Gasteiger partial charge in [0.15, 0.2) is 28.7 Å². The van der Waals surface area contributed by atoms with Crippen molar-refractivity contribution >= 4 is 0 Å². The third-order valence-electron chi connectivity index (χ3n) is 9.25. The average Bonchev–Trinajstić information content (AvgIpc) is 2.87. The van der Waals surface area contributed by atoms with E-state index in [1.165, 1.54) is 34.9 Å². The van der Waals surface area contributed by atoms with Crippen LogP contribution >= 0.6 is 0 Å². The smallest absolute Gasteiger partial charge is 0.200 e. The molecule has 0 aromatic heterocycles. The molecule has 0 heterocycles. The van der Waals surface area contributed by atoms with E-state index >= 15 is 0 Å².